The quantitative estimate of drug-likeness (QED) is 0.862. The van der Waals surface area contributed by atoms with Crippen molar-refractivity contribution in [3.63, 3.8) is 0 Å². The van der Waals surface area contributed by atoms with Gasteiger partial charge in [-0.05, 0) is 25.0 Å². The maximum Gasteiger partial charge on any atom is 0.255 e. The normalized spacial score (nSPS) is 12.1. The van der Waals surface area contributed by atoms with Crippen LogP contribution in [0.15, 0.2) is 47.1 Å². The summed E-state index contributed by atoms with van der Waals surface area (Å²) in [5.41, 5.74) is 1.58. The standard InChI is InChI=1S/C15H17NO3/c1-11-14(7-8-19-11)15(18)16-13(10-17)9-12-5-3-2-4-6-12/h2-8,13,17H,9-10H2,1H3,(H,16,18)/t13-/m1/s1. The number of aliphatic hydroxyl groups excluding tert-OH is 1. The highest BCUT2D eigenvalue weighted by Crippen LogP contribution is 2.09. The maximum absolute atomic E-state index is 12.0. The lowest BCUT2D eigenvalue weighted by molar-refractivity contribution is 0.0915. The van der Waals surface area contributed by atoms with Gasteiger partial charge in [0.25, 0.3) is 5.91 Å². The fraction of sp³-hybridized carbons (Fsp3) is 0.267. The van der Waals surface area contributed by atoms with Crippen molar-refractivity contribution in [2.75, 3.05) is 6.61 Å². The van der Waals surface area contributed by atoms with Gasteiger partial charge in [-0.25, -0.2) is 0 Å². The monoisotopic (exact) mass is 259 g/mol. The third-order valence-corrected chi connectivity index (χ3v) is 2.98. The summed E-state index contributed by atoms with van der Waals surface area (Å²) >= 11 is 0. The van der Waals surface area contributed by atoms with Gasteiger partial charge < -0.3 is 14.8 Å². The highest BCUT2D eigenvalue weighted by atomic mass is 16.3. The Labute approximate surface area is 112 Å². The van der Waals surface area contributed by atoms with Crippen LogP contribution in [0.3, 0.4) is 0 Å². The van der Waals surface area contributed by atoms with Crippen LogP contribution in [0.4, 0.5) is 0 Å². The van der Waals surface area contributed by atoms with Gasteiger partial charge in [-0.2, -0.15) is 0 Å². The summed E-state index contributed by atoms with van der Waals surface area (Å²) in [4.78, 5) is 12.0. The van der Waals surface area contributed by atoms with Crippen molar-refractivity contribution in [1.29, 1.82) is 0 Å². The van der Waals surface area contributed by atoms with E-state index in [4.69, 9.17) is 4.42 Å². The molecule has 1 atom stereocenters. The molecule has 1 aromatic heterocycles. The second kappa shape index (κ2) is 6.20. The van der Waals surface area contributed by atoms with Crippen LogP contribution in [0.25, 0.3) is 0 Å². The predicted octanol–water partition coefficient (Wildman–Crippen LogP) is 1.92. The largest absolute Gasteiger partial charge is 0.469 e. The fourth-order valence-electron chi connectivity index (χ4n) is 1.94. The molecule has 0 aliphatic carbocycles. The summed E-state index contributed by atoms with van der Waals surface area (Å²) in [5, 5.41) is 12.2. The molecule has 2 aromatic rings. The van der Waals surface area contributed by atoms with Crippen molar-refractivity contribution in [1.82, 2.24) is 5.32 Å². The lowest BCUT2D eigenvalue weighted by Crippen LogP contribution is -2.39. The topological polar surface area (TPSA) is 62.5 Å². The van der Waals surface area contributed by atoms with Crippen LogP contribution in [0.1, 0.15) is 21.7 Å². The van der Waals surface area contributed by atoms with Gasteiger partial charge in [0.2, 0.25) is 0 Å². The van der Waals surface area contributed by atoms with Crippen molar-refractivity contribution < 1.29 is 14.3 Å². The first-order valence-corrected chi connectivity index (χ1v) is 6.20. The smallest absolute Gasteiger partial charge is 0.255 e. The number of hydrogen-bond donors (Lipinski definition) is 2. The number of aryl methyl sites for hydroxylation is 1. The SMILES string of the molecule is Cc1occc1C(=O)N[C@@H](CO)Cc1ccccc1. The van der Waals surface area contributed by atoms with Crippen LogP contribution >= 0.6 is 0 Å². The zero-order valence-electron chi connectivity index (χ0n) is 10.8. The molecule has 100 valence electrons. The number of furan rings is 1. The van der Waals surface area contributed by atoms with Gasteiger partial charge in [0.1, 0.15) is 5.76 Å². The number of aliphatic hydroxyl groups is 1. The average molecular weight is 259 g/mol. The van der Waals surface area contributed by atoms with Crippen LogP contribution in [0.2, 0.25) is 0 Å². The molecule has 19 heavy (non-hydrogen) atoms. The molecule has 1 aromatic carbocycles. The Bertz CT molecular complexity index is 533. The highest BCUT2D eigenvalue weighted by Gasteiger charge is 2.16. The molecule has 0 aliphatic rings. The van der Waals surface area contributed by atoms with Gasteiger partial charge in [0.15, 0.2) is 0 Å². The summed E-state index contributed by atoms with van der Waals surface area (Å²) in [5.74, 6) is 0.357. The molecule has 0 bridgehead atoms. The molecule has 4 heteroatoms. The molecule has 0 spiro atoms. The Morgan fingerprint density at radius 3 is 2.63 bits per heavy atom. The molecular weight excluding hydrogens is 242 g/mol. The Morgan fingerprint density at radius 1 is 1.32 bits per heavy atom. The summed E-state index contributed by atoms with van der Waals surface area (Å²) < 4.78 is 5.10. The lowest BCUT2D eigenvalue weighted by Gasteiger charge is -2.16. The van der Waals surface area contributed by atoms with Gasteiger partial charge in [0, 0.05) is 0 Å². The van der Waals surface area contributed by atoms with Crippen LogP contribution in [0, 0.1) is 6.92 Å². The van der Waals surface area contributed by atoms with E-state index < -0.39 is 0 Å². The fourth-order valence-corrected chi connectivity index (χ4v) is 1.94. The van der Waals surface area contributed by atoms with Gasteiger partial charge in [-0.3, -0.25) is 4.79 Å². The molecule has 0 saturated carbocycles. The number of rotatable bonds is 5. The number of nitrogens with one attached hydrogen (secondary N) is 1. The van der Waals surface area contributed by atoms with Gasteiger partial charge in [0.05, 0.1) is 24.5 Å². The first kappa shape index (κ1) is 13.4. The molecule has 2 N–H and O–H groups in total. The minimum atomic E-state index is -0.302. The Balaban J connectivity index is 2.00. The van der Waals surface area contributed by atoms with Crippen molar-refractivity contribution in [2.45, 2.75) is 19.4 Å². The summed E-state index contributed by atoms with van der Waals surface area (Å²) in [6.07, 6.45) is 2.08. The first-order valence-electron chi connectivity index (χ1n) is 6.20. The molecule has 0 saturated heterocycles. The zero-order chi connectivity index (χ0) is 13.7. The maximum atomic E-state index is 12.0. The van der Waals surface area contributed by atoms with Gasteiger partial charge in [-0.1, -0.05) is 30.3 Å². The van der Waals surface area contributed by atoms with Crippen molar-refractivity contribution in [3.8, 4) is 0 Å². The summed E-state index contributed by atoms with van der Waals surface area (Å²) in [6, 6.07) is 11.1. The molecule has 1 heterocycles. The van der Waals surface area contributed by atoms with Crippen molar-refractivity contribution in [2.24, 2.45) is 0 Å². The van der Waals surface area contributed by atoms with Crippen molar-refractivity contribution in [3.05, 3.63) is 59.5 Å². The van der Waals surface area contributed by atoms with Gasteiger partial charge in [-0.15, -0.1) is 0 Å². The van der Waals surface area contributed by atoms with E-state index in [0.717, 1.165) is 5.56 Å². The summed E-state index contributed by atoms with van der Waals surface area (Å²) in [6.45, 7) is 1.64. The van der Waals surface area contributed by atoms with Crippen LogP contribution in [0.5, 0.6) is 0 Å². The number of carbonyl (C=O) groups excluding carboxylic acids is 1. The second-order valence-electron chi connectivity index (χ2n) is 4.43. The molecule has 4 nitrogen and oxygen atoms in total. The minimum Gasteiger partial charge on any atom is -0.469 e. The van der Waals surface area contributed by atoms with E-state index >= 15 is 0 Å². The summed E-state index contributed by atoms with van der Waals surface area (Å²) in [7, 11) is 0. The molecule has 1 amide bonds. The third kappa shape index (κ3) is 3.45. The third-order valence-electron chi connectivity index (χ3n) is 2.98. The molecule has 0 fully saturated rings. The average Bonchev–Trinajstić information content (AvgIpc) is 2.85. The lowest BCUT2D eigenvalue weighted by atomic mass is 10.1. The second-order valence-corrected chi connectivity index (χ2v) is 4.43. The molecular formula is C15H17NO3. The molecule has 2 rings (SSSR count). The van der Waals surface area contributed by atoms with E-state index in [-0.39, 0.29) is 18.6 Å². The van der Waals surface area contributed by atoms with Gasteiger partial charge >= 0.3 is 0 Å². The van der Waals surface area contributed by atoms with Crippen LogP contribution in [-0.4, -0.2) is 23.7 Å². The van der Waals surface area contributed by atoms with E-state index in [1.54, 1.807) is 13.0 Å². The van der Waals surface area contributed by atoms with Crippen molar-refractivity contribution >= 4 is 5.91 Å². The predicted molar refractivity (Wildman–Crippen MR) is 71.9 cm³/mol. The van der Waals surface area contributed by atoms with E-state index in [1.807, 2.05) is 30.3 Å². The Morgan fingerprint density at radius 2 is 2.05 bits per heavy atom. The number of carbonyl (C=O) groups is 1. The minimum absolute atomic E-state index is 0.0997. The van der Waals surface area contributed by atoms with Crippen LogP contribution < -0.4 is 5.32 Å². The van der Waals surface area contributed by atoms with E-state index in [2.05, 4.69) is 5.32 Å². The van der Waals surface area contributed by atoms with E-state index in [1.165, 1.54) is 6.26 Å². The van der Waals surface area contributed by atoms with E-state index in [9.17, 15) is 9.90 Å². The Hall–Kier alpha value is -2.07. The van der Waals surface area contributed by atoms with E-state index in [0.29, 0.717) is 17.7 Å². The first-order chi connectivity index (χ1) is 9.20. The zero-order valence-corrected chi connectivity index (χ0v) is 10.8. The molecule has 0 unspecified atom stereocenters. The Kier molecular flexibility index (Phi) is 4.36. The highest BCUT2D eigenvalue weighted by molar-refractivity contribution is 5.95. The molecule has 0 radical (unpaired) electrons. The number of benzene rings is 1. The van der Waals surface area contributed by atoms with Crippen LogP contribution in [-0.2, 0) is 6.42 Å². The number of amides is 1. The molecule has 0 aliphatic heterocycles. The number of hydrogen-bond acceptors (Lipinski definition) is 3.